The number of nitrogens with one attached hydrogen (secondary N) is 1. The van der Waals surface area contributed by atoms with Crippen LogP contribution in [0.3, 0.4) is 0 Å². The summed E-state index contributed by atoms with van der Waals surface area (Å²) < 4.78 is 10.8. The van der Waals surface area contributed by atoms with E-state index in [-0.39, 0.29) is 23.7 Å². The quantitative estimate of drug-likeness (QED) is 0.630. The Labute approximate surface area is 167 Å². The number of ketones is 1. The number of aromatic amines is 1. The highest BCUT2D eigenvalue weighted by Gasteiger charge is 2.50. The van der Waals surface area contributed by atoms with Crippen LogP contribution in [0, 0.1) is 0 Å². The highest BCUT2D eigenvalue weighted by Crippen LogP contribution is 2.51. The fraction of sp³-hybridized carbons (Fsp3) is 0.304. The molecule has 2 N–H and O–H groups in total. The molecule has 1 aliphatic carbocycles. The van der Waals surface area contributed by atoms with Gasteiger partial charge in [-0.1, -0.05) is 12.1 Å². The van der Waals surface area contributed by atoms with E-state index in [1.54, 1.807) is 6.07 Å². The molecule has 0 radical (unpaired) electrons. The highest BCUT2D eigenvalue weighted by molar-refractivity contribution is 5.94. The Bertz CT molecular complexity index is 1130. The van der Waals surface area contributed by atoms with Crippen molar-refractivity contribution in [1.82, 2.24) is 4.98 Å². The number of aromatic nitrogens is 1. The van der Waals surface area contributed by atoms with Crippen molar-refractivity contribution in [2.75, 3.05) is 6.79 Å². The molecular formula is C23H21NO5. The van der Waals surface area contributed by atoms with Gasteiger partial charge in [-0.15, -0.1) is 0 Å². The number of carboxylic acids is 1. The zero-order valence-electron chi connectivity index (χ0n) is 15.9. The Morgan fingerprint density at radius 1 is 1.03 bits per heavy atom. The van der Waals surface area contributed by atoms with Gasteiger partial charge in [0.2, 0.25) is 6.79 Å². The summed E-state index contributed by atoms with van der Waals surface area (Å²) in [4.78, 5) is 27.0. The monoisotopic (exact) mass is 391 g/mol. The van der Waals surface area contributed by atoms with Crippen molar-refractivity contribution in [3.8, 4) is 11.5 Å². The smallest absolute Gasteiger partial charge is 0.352 e. The van der Waals surface area contributed by atoms with Crippen LogP contribution in [0.1, 0.15) is 47.3 Å². The molecule has 6 nitrogen and oxygen atoms in total. The lowest BCUT2D eigenvalue weighted by Gasteiger charge is -2.15. The van der Waals surface area contributed by atoms with Gasteiger partial charge in [0, 0.05) is 17.3 Å². The SMILES string of the molecule is O=C(O)c1cc2cc(CCCC(=O)C3(c4ccc5c(c4)OCO5)CC3)ccc2[nH]1. The van der Waals surface area contributed by atoms with Crippen molar-refractivity contribution in [2.45, 2.75) is 37.5 Å². The molecule has 1 fully saturated rings. The fourth-order valence-corrected chi connectivity index (χ4v) is 4.19. The largest absolute Gasteiger partial charge is 0.477 e. The van der Waals surface area contributed by atoms with Crippen LogP contribution in [-0.4, -0.2) is 28.6 Å². The minimum Gasteiger partial charge on any atom is -0.477 e. The molecule has 0 spiro atoms. The molecule has 0 atom stereocenters. The van der Waals surface area contributed by atoms with Crippen molar-refractivity contribution in [3.05, 3.63) is 59.3 Å². The van der Waals surface area contributed by atoms with E-state index in [1.807, 2.05) is 36.4 Å². The summed E-state index contributed by atoms with van der Waals surface area (Å²) in [6.07, 6.45) is 3.86. The Hall–Kier alpha value is -3.28. The van der Waals surface area contributed by atoms with Crippen LogP contribution in [0.2, 0.25) is 0 Å². The molecule has 148 valence electrons. The number of hydrogen-bond donors (Lipinski definition) is 2. The van der Waals surface area contributed by atoms with Gasteiger partial charge in [-0.05, 0) is 67.1 Å². The van der Waals surface area contributed by atoms with E-state index in [1.165, 1.54) is 0 Å². The molecule has 2 aliphatic rings. The molecule has 29 heavy (non-hydrogen) atoms. The fourth-order valence-electron chi connectivity index (χ4n) is 4.19. The maximum atomic E-state index is 13.0. The third-order valence-electron chi connectivity index (χ3n) is 5.99. The van der Waals surface area contributed by atoms with Gasteiger partial charge in [-0.2, -0.15) is 0 Å². The minimum atomic E-state index is -0.966. The number of carbonyl (C=O) groups is 2. The summed E-state index contributed by atoms with van der Waals surface area (Å²) in [7, 11) is 0. The van der Waals surface area contributed by atoms with Gasteiger partial charge in [0.1, 0.15) is 11.5 Å². The van der Waals surface area contributed by atoms with E-state index in [9.17, 15) is 9.59 Å². The first kappa shape index (κ1) is 17.8. The Morgan fingerprint density at radius 3 is 2.66 bits per heavy atom. The molecule has 6 heteroatoms. The first-order valence-electron chi connectivity index (χ1n) is 9.84. The number of fused-ring (bicyclic) bond motifs is 2. The summed E-state index contributed by atoms with van der Waals surface area (Å²) in [6.45, 7) is 0.235. The molecular weight excluding hydrogens is 370 g/mol. The summed E-state index contributed by atoms with van der Waals surface area (Å²) in [6, 6.07) is 13.3. The Balaban J connectivity index is 1.24. The average molecular weight is 391 g/mol. The molecule has 5 rings (SSSR count). The second kappa shape index (κ2) is 6.65. The maximum Gasteiger partial charge on any atom is 0.352 e. The van der Waals surface area contributed by atoms with Crippen LogP contribution >= 0.6 is 0 Å². The van der Waals surface area contributed by atoms with Crippen LogP contribution in [0.15, 0.2) is 42.5 Å². The number of Topliss-reactive ketones (excluding diaryl/α,β-unsaturated/α-hetero) is 1. The normalized spacial score (nSPS) is 16.1. The molecule has 1 saturated carbocycles. The van der Waals surface area contributed by atoms with Crippen molar-refractivity contribution < 1.29 is 24.2 Å². The summed E-state index contributed by atoms with van der Waals surface area (Å²) in [5, 5.41) is 9.98. The number of carbonyl (C=O) groups excluding carboxylic acids is 1. The number of ether oxygens (including phenoxy) is 2. The van der Waals surface area contributed by atoms with Crippen LogP contribution in [-0.2, 0) is 16.6 Å². The number of carboxylic acid groups (broad SMARTS) is 1. The van der Waals surface area contributed by atoms with Crippen LogP contribution in [0.25, 0.3) is 10.9 Å². The lowest BCUT2D eigenvalue weighted by Crippen LogP contribution is -2.20. The Kier molecular flexibility index (Phi) is 4.08. The third-order valence-corrected chi connectivity index (χ3v) is 5.99. The molecule has 0 unspecified atom stereocenters. The number of benzene rings is 2. The number of aromatic carboxylic acids is 1. The van der Waals surface area contributed by atoms with E-state index in [0.29, 0.717) is 6.42 Å². The van der Waals surface area contributed by atoms with Crippen LogP contribution in [0.4, 0.5) is 0 Å². The van der Waals surface area contributed by atoms with Crippen molar-refractivity contribution in [1.29, 1.82) is 0 Å². The van der Waals surface area contributed by atoms with E-state index in [2.05, 4.69) is 4.98 Å². The summed E-state index contributed by atoms with van der Waals surface area (Å²) in [5.74, 6) is 0.782. The van der Waals surface area contributed by atoms with E-state index in [4.69, 9.17) is 14.6 Å². The van der Waals surface area contributed by atoms with Gasteiger partial charge in [0.25, 0.3) is 0 Å². The number of H-pyrrole nitrogens is 1. The Morgan fingerprint density at radius 2 is 1.86 bits per heavy atom. The molecule has 1 aromatic heterocycles. The topological polar surface area (TPSA) is 88.6 Å². The zero-order chi connectivity index (χ0) is 20.0. The average Bonchev–Trinajstić information content (AvgIpc) is 3.20. The summed E-state index contributed by atoms with van der Waals surface area (Å²) >= 11 is 0. The molecule has 2 aromatic carbocycles. The lowest BCUT2D eigenvalue weighted by atomic mass is 9.88. The first-order valence-corrected chi connectivity index (χ1v) is 9.84. The number of rotatable bonds is 7. The van der Waals surface area contributed by atoms with Gasteiger partial charge < -0.3 is 19.6 Å². The lowest BCUT2D eigenvalue weighted by molar-refractivity contribution is -0.121. The second-order valence-corrected chi connectivity index (χ2v) is 7.84. The predicted octanol–water partition coefficient (Wildman–Crippen LogP) is 4.22. The van der Waals surface area contributed by atoms with Gasteiger partial charge in [-0.25, -0.2) is 4.79 Å². The van der Waals surface area contributed by atoms with E-state index >= 15 is 0 Å². The third kappa shape index (κ3) is 3.14. The van der Waals surface area contributed by atoms with Crippen molar-refractivity contribution in [3.63, 3.8) is 0 Å². The molecule has 2 heterocycles. The van der Waals surface area contributed by atoms with Gasteiger partial charge >= 0.3 is 5.97 Å². The van der Waals surface area contributed by atoms with Crippen molar-refractivity contribution in [2.24, 2.45) is 0 Å². The second-order valence-electron chi connectivity index (χ2n) is 7.84. The minimum absolute atomic E-state index is 0.187. The summed E-state index contributed by atoms with van der Waals surface area (Å²) in [5.41, 5.74) is 2.77. The van der Waals surface area contributed by atoms with Gasteiger partial charge in [0.05, 0.1) is 5.41 Å². The van der Waals surface area contributed by atoms with E-state index in [0.717, 1.165) is 59.2 Å². The molecule has 0 saturated heterocycles. The maximum absolute atomic E-state index is 13.0. The number of aryl methyl sites for hydroxylation is 1. The van der Waals surface area contributed by atoms with Gasteiger partial charge in [-0.3, -0.25) is 4.79 Å². The molecule has 3 aromatic rings. The highest BCUT2D eigenvalue weighted by atomic mass is 16.7. The van der Waals surface area contributed by atoms with Crippen molar-refractivity contribution >= 4 is 22.7 Å². The van der Waals surface area contributed by atoms with Gasteiger partial charge in [0.15, 0.2) is 11.5 Å². The molecule has 0 bridgehead atoms. The zero-order valence-corrected chi connectivity index (χ0v) is 15.9. The van der Waals surface area contributed by atoms with E-state index < -0.39 is 5.97 Å². The predicted molar refractivity (Wildman–Crippen MR) is 107 cm³/mol. The molecule has 1 aliphatic heterocycles. The number of hydrogen-bond acceptors (Lipinski definition) is 4. The standard InChI is InChI=1S/C23H21NO5/c25-21(23(8-9-23)16-5-7-19-20(12-16)29-13-28-19)3-1-2-14-4-6-17-15(10-14)11-18(24-17)22(26)27/h4-7,10-12,24H,1-3,8-9,13H2,(H,26,27). The molecule has 0 amide bonds. The van der Waals surface area contributed by atoms with Crippen LogP contribution in [0.5, 0.6) is 11.5 Å². The van der Waals surface area contributed by atoms with Crippen LogP contribution < -0.4 is 9.47 Å². The first-order chi connectivity index (χ1) is 14.0.